The van der Waals surface area contributed by atoms with Crippen LogP contribution in [0.25, 0.3) is 0 Å². The van der Waals surface area contributed by atoms with Crippen LogP contribution in [0.5, 0.6) is 0 Å². The van der Waals surface area contributed by atoms with E-state index in [1.54, 1.807) is 13.8 Å². The summed E-state index contributed by atoms with van der Waals surface area (Å²) < 4.78 is 9.81. The normalized spacial score (nSPS) is 12.5. The predicted octanol–water partition coefficient (Wildman–Crippen LogP) is 0.511. The Morgan fingerprint density at radius 1 is 0.871 bits per heavy atom. The molecule has 2 unspecified atom stereocenters. The van der Waals surface area contributed by atoms with Crippen LogP contribution in [0.1, 0.15) is 71.6 Å². The van der Waals surface area contributed by atoms with Crippen LogP contribution in [0.2, 0.25) is 0 Å². The number of carbonyl (C=O) groups excluding carboxylic acids is 4. The third-order valence-electron chi connectivity index (χ3n) is 4.53. The molecule has 2 amide bonds. The molecule has 0 radical (unpaired) electrons. The minimum atomic E-state index is -0.878. The minimum Gasteiger partial charge on any atom is -0.466 e. The number of carbonyl (C=O) groups is 4. The van der Waals surface area contributed by atoms with E-state index in [2.05, 4.69) is 10.6 Å². The number of hydrogen-bond acceptors (Lipinski definition) is 8. The molecule has 31 heavy (non-hydrogen) atoms. The van der Waals surface area contributed by atoms with Gasteiger partial charge in [-0.1, -0.05) is 12.8 Å². The van der Waals surface area contributed by atoms with Gasteiger partial charge in [0.05, 0.1) is 19.3 Å². The van der Waals surface area contributed by atoms with E-state index < -0.39 is 24.0 Å². The van der Waals surface area contributed by atoms with Crippen molar-refractivity contribution in [1.29, 1.82) is 0 Å². The van der Waals surface area contributed by atoms with Crippen molar-refractivity contribution in [3.63, 3.8) is 0 Å². The molecule has 6 N–H and O–H groups in total. The van der Waals surface area contributed by atoms with Crippen LogP contribution in [0.4, 0.5) is 0 Å². The van der Waals surface area contributed by atoms with Crippen molar-refractivity contribution in [2.24, 2.45) is 11.5 Å². The molecule has 10 nitrogen and oxygen atoms in total. The summed E-state index contributed by atoms with van der Waals surface area (Å²) in [5.41, 5.74) is 11.2. The van der Waals surface area contributed by atoms with Crippen LogP contribution < -0.4 is 22.1 Å². The molecule has 0 spiro atoms. The Balaban J connectivity index is 4.11. The van der Waals surface area contributed by atoms with E-state index in [-0.39, 0.29) is 44.3 Å². The van der Waals surface area contributed by atoms with E-state index in [0.717, 1.165) is 25.7 Å². The van der Waals surface area contributed by atoms with E-state index >= 15 is 0 Å². The Morgan fingerprint density at radius 3 is 2.23 bits per heavy atom. The molecule has 0 aliphatic carbocycles. The van der Waals surface area contributed by atoms with Gasteiger partial charge in [0, 0.05) is 19.4 Å². The Hall–Kier alpha value is -2.20. The van der Waals surface area contributed by atoms with E-state index in [1.165, 1.54) is 0 Å². The summed E-state index contributed by atoms with van der Waals surface area (Å²) in [5, 5.41) is 5.43. The van der Waals surface area contributed by atoms with Gasteiger partial charge in [-0.25, -0.2) is 4.79 Å². The molecule has 180 valence electrons. The second kappa shape index (κ2) is 18.6. The molecule has 0 bridgehead atoms. The average Bonchev–Trinajstić information content (AvgIpc) is 2.73. The zero-order chi connectivity index (χ0) is 23.5. The SMILES string of the molecule is CCOC(=O)CCC(NC(=O)CCCCCNC(=O)C(N)CCCCN)C(=O)OCC. The minimum absolute atomic E-state index is 0.0195. The maximum atomic E-state index is 12.2. The van der Waals surface area contributed by atoms with Gasteiger partial charge in [0.2, 0.25) is 11.8 Å². The molecule has 0 aromatic carbocycles. The van der Waals surface area contributed by atoms with Gasteiger partial charge in [-0.15, -0.1) is 0 Å². The summed E-state index contributed by atoms with van der Waals surface area (Å²) in [7, 11) is 0. The van der Waals surface area contributed by atoms with Crippen LogP contribution in [0.3, 0.4) is 0 Å². The van der Waals surface area contributed by atoms with Gasteiger partial charge in [0.25, 0.3) is 0 Å². The van der Waals surface area contributed by atoms with E-state index in [0.29, 0.717) is 25.9 Å². The Kier molecular flexibility index (Phi) is 17.2. The summed E-state index contributed by atoms with van der Waals surface area (Å²) in [6, 6.07) is -1.40. The number of amides is 2. The average molecular weight is 445 g/mol. The van der Waals surface area contributed by atoms with E-state index in [4.69, 9.17) is 20.9 Å². The summed E-state index contributed by atoms with van der Waals surface area (Å²) in [6.45, 7) is 4.91. The molecule has 10 heteroatoms. The largest absolute Gasteiger partial charge is 0.466 e. The fraction of sp³-hybridized carbons (Fsp3) is 0.810. The van der Waals surface area contributed by atoms with Crippen molar-refractivity contribution >= 4 is 23.8 Å². The van der Waals surface area contributed by atoms with Crippen LogP contribution in [-0.4, -0.2) is 62.1 Å². The molecular formula is C21H40N4O6. The molecule has 0 aromatic heterocycles. The highest BCUT2D eigenvalue weighted by atomic mass is 16.5. The summed E-state index contributed by atoms with van der Waals surface area (Å²) in [6.07, 6.45) is 4.74. The first kappa shape index (κ1) is 28.8. The Morgan fingerprint density at radius 2 is 1.58 bits per heavy atom. The molecule has 0 fully saturated rings. The molecule has 0 saturated carbocycles. The molecule has 0 aromatic rings. The quantitative estimate of drug-likeness (QED) is 0.175. The first-order valence-electron chi connectivity index (χ1n) is 11.2. The lowest BCUT2D eigenvalue weighted by atomic mass is 10.1. The van der Waals surface area contributed by atoms with Crippen molar-refractivity contribution in [3.8, 4) is 0 Å². The Labute approximate surface area is 185 Å². The monoisotopic (exact) mass is 444 g/mol. The molecule has 0 saturated heterocycles. The molecule has 0 rings (SSSR count). The number of ether oxygens (including phenoxy) is 2. The number of hydrogen-bond donors (Lipinski definition) is 4. The summed E-state index contributed by atoms with van der Waals surface area (Å²) in [5.74, 6) is -1.45. The highest BCUT2D eigenvalue weighted by Gasteiger charge is 2.23. The summed E-state index contributed by atoms with van der Waals surface area (Å²) >= 11 is 0. The predicted molar refractivity (Wildman–Crippen MR) is 117 cm³/mol. The summed E-state index contributed by atoms with van der Waals surface area (Å²) in [4.78, 5) is 47.5. The van der Waals surface area contributed by atoms with Crippen molar-refractivity contribution in [1.82, 2.24) is 10.6 Å². The maximum Gasteiger partial charge on any atom is 0.328 e. The standard InChI is InChI=1S/C21H40N4O6/c1-3-30-19(27)13-12-17(21(29)31-4-2)25-18(26)11-6-5-9-15-24-20(28)16(23)10-7-8-14-22/h16-17H,3-15,22-23H2,1-2H3,(H,24,28)(H,25,26). The van der Waals surface area contributed by atoms with Gasteiger partial charge < -0.3 is 31.6 Å². The lowest BCUT2D eigenvalue weighted by Gasteiger charge is -2.17. The third-order valence-corrected chi connectivity index (χ3v) is 4.53. The lowest BCUT2D eigenvalue weighted by molar-refractivity contribution is -0.148. The lowest BCUT2D eigenvalue weighted by Crippen LogP contribution is -2.42. The van der Waals surface area contributed by atoms with Crippen molar-refractivity contribution in [2.45, 2.75) is 83.7 Å². The van der Waals surface area contributed by atoms with Crippen LogP contribution in [0, 0.1) is 0 Å². The molecular weight excluding hydrogens is 404 g/mol. The zero-order valence-electron chi connectivity index (χ0n) is 19.0. The van der Waals surface area contributed by atoms with Crippen molar-refractivity contribution < 1.29 is 28.7 Å². The Bertz CT molecular complexity index is 544. The molecule has 0 aliphatic rings. The highest BCUT2D eigenvalue weighted by molar-refractivity contribution is 5.85. The van der Waals surface area contributed by atoms with E-state index in [1.807, 2.05) is 0 Å². The van der Waals surface area contributed by atoms with Gasteiger partial charge >= 0.3 is 11.9 Å². The van der Waals surface area contributed by atoms with Gasteiger partial charge in [-0.05, 0) is 52.5 Å². The van der Waals surface area contributed by atoms with Crippen LogP contribution >= 0.6 is 0 Å². The van der Waals surface area contributed by atoms with Gasteiger partial charge in [0.15, 0.2) is 0 Å². The van der Waals surface area contributed by atoms with Crippen LogP contribution in [-0.2, 0) is 28.7 Å². The third kappa shape index (κ3) is 15.3. The first-order chi connectivity index (χ1) is 14.8. The van der Waals surface area contributed by atoms with Gasteiger partial charge in [-0.2, -0.15) is 0 Å². The second-order valence-electron chi connectivity index (χ2n) is 7.21. The topological polar surface area (TPSA) is 163 Å². The van der Waals surface area contributed by atoms with Crippen molar-refractivity contribution in [3.05, 3.63) is 0 Å². The van der Waals surface area contributed by atoms with Crippen molar-refractivity contribution in [2.75, 3.05) is 26.3 Å². The van der Waals surface area contributed by atoms with Crippen LogP contribution in [0.15, 0.2) is 0 Å². The highest BCUT2D eigenvalue weighted by Crippen LogP contribution is 2.05. The van der Waals surface area contributed by atoms with Gasteiger partial charge in [-0.3, -0.25) is 14.4 Å². The number of unbranched alkanes of at least 4 members (excludes halogenated alkanes) is 3. The molecule has 0 aliphatic heterocycles. The van der Waals surface area contributed by atoms with E-state index in [9.17, 15) is 19.2 Å². The molecule has 2 atom stereocenters. The first-order valence-corrected chi connectivity index (χ1v) is 11.2. The second-order valence-corrected chi connectivity index (χ2v) is 7.21. The smallest absolute Gasteiger partial charge is 0.328 e. The fourth-order valence-electron chi connectivity index (χ4n) is 2.82. The molecule has 0 heterocycles. The zero-order valence-corrected chi connectivity index (χ0v) is 19.0. The number of esters is 2. The fourth-order valence-corrected chi connectivity index (χ4v) is 2.82. The van der Waals surface area contributed by atoms with Gasteiger partial charge in [0.1, 0.15) is 6.04 Å². The maximum absolute atomic E-state index is 12.2. The number of nitrogens with one attached hydrogen (secondary N) is 2. The number of rotatable bonds is 18. The number of nitrogens with two attached hydrogens (primary N) is 2.